The van der Waals surface area contributed by atoms with Crippen LogP contribution in [0.4, 0.5) is 0 Å². The van der Waals surface area contributed by atoms with Crippen LogP contribution in [0.15, 0.2) is 24.3 Å². The summed E-state index contributed by atoms with van der Waals surface area (Å²) >= 11 is 0. The molecule has 0 fully saturated rings. The zero-order valence-corrected chi connectivity index (χ0v) is 11.1. The molecule has 0 aliphatic rings. The molecule has 0 aromatic heterocycles. The SMILES string of the molecule is CC(C)c1ccc(C[PH](C)(C)C)cc1. The monoisotopic (exact) mass is 210 g/mol. The Morgan fingerprint density at radius 1 is 1.00 bits per heavy atom. The third-order valence-corrected chi connectivity index (χ3v) is 3.85. The number of hydrogen-bond donors (Lipinski definition) is 0. The van der Waals surface area contributed by atoms with Crippen molar-refractivity contribution >= 4 is 7.26 Å². The Hall–Kier alpha value is -0.350. The summed E-state index contributed by atoms with van der Waals surface area (Å²) < 4.78 is 0. The normalized spacial score (nSPS) is 13.3. The van der Waals surface area contributed by atoms with Crippen LogP contribution in [-0.2, 0) is 6.16 Å². The van der Waals surface area contributed by atoms with E-state index in [1.54, 1.807) is 0 Å². The summed E-state index contributed by atoms with van der Waals surface area (Å²) in [5, 5.41) is 0. The second-order valence-corrected chi connectivity index (χ2v) is 11.1. The molecule has 0 atom stereocenters. The van der Waals surface area contributed by atoms with E-state index >= 15 is 0 Å². The fourth-order valence-electron chi connectivity index (χ4n) is 1.63. The van der Waals surface area contributed by atoms with Crippen molar-refractivity contribution in [3.8, 4) is 0 Å². The van der Waals surface area contributed by atoms with Crippen LogP contribution < -0.4 is 0 Å². The third-order valence-electron chi connectivity index (χ3n) is 2.38. The number of hydrogen-bond acceptors (Lipinski definition) is 0. The topological polar surface area (TPSA) is 0 Å². The summed E-state index contributed by atoms with van der Waals surface area (Å²) in [5.41, 5.74) is 2.96. The summed E-state index contributed by atoms with van der Waals surface area (Å²) in [6, 6.07) is 9.15. The molecule has 14 heavy (non-hydrogen) atoms. The van der Waals surface area contributed by atoms with Crippen LogP contribution in [0.2, 0.25) is 0 Å². The average molecular weight is 210 g/mol. The first-order valence-electron chi connectivity index (χ1n) is 5.47. The first kappa shape index (κ1) is 11.7. The molecule has 0 aliphatic carbocycles. The second-order valence-electron chi connectivity index (χ2n) is 5.63. The molecule has 0 spiro atoms. The molecule has 0 unspecified atom stereocenters. The molecule has 0 bridgehead atoms. The second kappa shape index (κ2) is 4.45. The van der Waals surface area contributed by atoms with Crippen molar-refractivity contribution in [2.45, 2.75) is 25.9 Å². The van der Waals surface area contributed by atoms with Gasteiger partial charge in [-0.05, 0) is 0 Å². The summed E-state index contributed by atoms with van der Waals surface area (Å²) in [6.45, 7) is 11.7. The summed E-state index contributed by atoms with van der Waals surface area (Å²) in [6.07, 6.45) is 1.30. The van der Waals surface area contributed by atoms with E-state index in [-0.39, 0.29) is 0 Å². The van der Waals surface area contributed by atoms with Gasteiger partial charge in [0, 0.05) is 0 Å². The summed E-state index contributed by atoms with van der Waals surface area (Å²) in [7, 11) is -0.943. The van der Waals surface area contributed by atoms with E-state index < -0.39 is 7.26 Å². The van der Waals surface area contributed by atoms with Gasteiger partial charge in [-0.3, -0.25) is 0 Å². The summed E-state index contributed by atoms with van der Waals surface area (Å²) in [5.74, 6) is 0.649. The van der Waals surface area contributed by atoms with Gasteiger partial charge in [-0.25, -0.2) is 0 Å². The van der Waals surface area contributed by atoms with Crippen LogP contribution in [0.1, 0.15) is 30.9 Å². The van der Waals surface area contributed by atoms with Crippen molar-refractivity contribution in [3.05, 3.63) is 35.4 Å². The van der Waals surface area contributed by atoms with Gasteiger partial charge in [-0.2, -0.15) is 0 Å². The standard InChI is InChI=1S/C13H23P/c1-11(2)13-8-6-12(7-9-13)10-14(3,4)5/h6-9,11,14H,10H2,1-5H3. The Labute approximate surface area is 89.1 Å². The van der Waals surface area contributed by atoms with Crippen LogP contribution in [0.25, 0.3) is 0 Å². The zero-order chi connectivity index (χ0) is 10.8. The minimum absolute atomic E-state index is 0.649. The van der Waals surface area contributed by atoms with E-state index in [4.69, 9.17) is 0 Å². The van der Waals surface area contributed by atoms with Crippen molar-refractivity contribution in [1.29, 1.82) is 0 Å². The van der Waals surface area contributed by atoms with Crippen LogP contribution in [-0.4, -0.2) is 20.0 Å². The molecule has 0 saturated heterocycles. The molecule has 0 aliphatic heterocycles. The molecule has 1 heteroatoms. The third kappa shape index (κ3) is 3.80. The maximum atomic E-state index is 2.42. The van der Waals surface area contributed by atoms with Gasteiger partial charge in [0.1, 0.15) is 0 Å². The van der Waals surface area contributed by atoms with Crippen molar-refractivity contribution < 1.29 is 0 Å². The van der Waals surface area contributed by atoms with E-state index in [0.717, 1.165) is 0 Å². The molecular formula is C13H23P. The first-order chi connectivity index (χ1) is 6.38. The van der Waals surface area contributed by atoms with E-state index in [1.165, 1.54) is 17.3 Å². The zero-order valence-electron chi connectivity index (χ0n) is 10.1. The van der Waals surface area contributed by atoms with Crippen molar-refractivity contribution in [1.82, 2.24) is 0 Å². The minimum atomic E-state index is -0.943. The molecular weight excluding hydrogens is 187 g/mol. The number of rotatable bonds is 3. The van der Waals surface area contributed by atoms with Crippen molar-refractivity contribution in [2.75, 3.05) is 20.0 Å². The van der Waals surface area contributed by atoms with Gasteiger partial charge in [-0.15, -0.1) is 0 Å². The fourth-order valence-corrected chi connectivity index (χ4v) is 3.09. The molecule has 1 aromatic carbocycles. The molecule has 1 aromatic rings. The number of benzene rings is 1. The Morgan fingerprint density at radius 3 is 1.86 bits per heavy atom. The van der Waals surface area contributed by atoms with Gasteiger partial charge in [0.15, 0.2) is 0 Å². The van der Waals surface area contributed by atoms with Crippen LogP contribution >= 0.6 is 7.26 Å². The fraction of sp³-hybridized carbons (Fsp3) is 0.538. The molecule has 0 radical (unpaired) electrons. The molecule has 0 amide bonds. The predicted molar refractivity (Wildman–Crippen MR) is 70.3 cm³/mol. The van der Waals surface area contributed by atoms with Gasteiger partial charge in [0.25, 0.3) is 0 Å². The van der Waals surface area contributed by atoms with E-state index in [2.05, 4.69) is 58.1 Å². The van der Waals surface area contributed by atoms with Gasteiger partial charge < -0.3 is 0 Å². The quantitative estimate of drug-likeness (QED) is 0.663. The van der Waals surface area contributed by atoms with Gasteiger partial charge in [-0.1, -0.05) is 0 Å². The van der Waals surface area contributed by atoms with Crippen LogP contribution in [0.5, 0.6) is 0 Å². The molecule has 0 nitrogen and oxygen atoms in total. The predicted octanol–water partition coefficient (Wildman–Crippen LogP) is 3.95. The van der Waals surface area contributed by atoms with E-state index in [9.17, 15) is 0 Å². The first-order valence-corrected chi connectivity index (χ1v) is 9.18. The van der Waals surface area contributed by atoms with Crippen molar-refractivity contribution in [3.63, 3.8) is 0 Å². The van der Waals surface area contributed by atoms with E-state index in [1.807, 2.05) is 0 Å². The molecule has 1 rings (SSSR count). The van der Waals surface area contributed by atoms with E-state index in [0.29, 0.717) is 5.92 Å². The molecule has 0 N–H and O–H groups in total. The summed E-state index contributed by atoms with van der Waals surface area (Å²) in [4.78, 5) is 0. The van der Waals surface area contributed by atoms with Gasteiger partial charge in [0.2, 0.25) is 0 Å². The Balaban J connectivity index is 2.74. The average Bonchev–Trinajstić information content (AvgIpc) is 2.02. The Kier molecular flexibility index (Phi) is 3.72. The molecule has 80 valence electrons. The van der Waals surface area contributed by atoms with Crippen molar-refractivity contribution in [2.24, 2.45) is 0 Å². The van der Waals surface area contributed by atoms with Crippen LogP contribution in [0.3, 0.4) is 0 Å². The maximum absolute atomic E-state index is 2.42. The molecule has 0 saturated carbocycles. The Bertz CT molecular complexity index is 277. The van der Waals surface area contributed by atoms with Gasteiger partial charge in [0.05, 0.1) is 0 Å². The van der Waals surface area contributed by atoms with Crippen LogP contribution in [0, 0.1) is 0 Å². The Morgan fingerprint density at radius 2 is 1.50 bits per heavy atom. The molecule has 0 heterocycles. The van der Waals surface area contributed by atoms with Gasteiger partial charge >= 0.3 is 88.6 Å².